The summed E-state index contributed by atoms with van der Waals surface area (Å²) in [6.45, 7) is 2.12. The first-order valence-corrected chi connectivity index (χ1v) is 5.86. The standard InChI is InChI=1S/C11H15N3O5/c1-6-11(18,2-3-19-6)5-13-8(15)7-4-12-10(17)14-9(7)16/h4,6,18H,2-3,5H2,1H3,(H,13,15)(H2,12,14,16,17). The van der Waals surface area contributed by atoms with Crippen LogP contribution >= 0.6 is 0 Å². The summed E-state index contributed by atoms with van der Waals surface area (Å²) in [6.07, 6.45) is 1.06. The van der Waals surface area contributed by atoms with Gasteiger partial charge in [0.1, 0.15) is 11.2 Å². The van der Waals surface area contributed by atoms with Crippen LogP contribution in [0.15, 0.2) is 15.8 Å². The minimum absolute atomic E-state index is 0.0223. The number of nitrogens with one attached hydrogen (secondary N) is 3. The van der Waals surface area contributed by atoms with Crippen LogP contribution in [-0.4, -0.2) is 45.8 Å². The van der Waals surface area contributed by atoms with Gasteiger partial charge in [-0.25, -0.2) is 4.79 Å². The van der Waals surface area contributed by atoms with Gasteiger partial charge in [-0.05, 0) is 6.92 Å². The maximum absolute atomic E-state index is 11.8. The van der Waals surface area contributed by atoms with E-state index in [0.717, 1.165) is 6.20 Å². The summed E-state index contributed by atoms with van der Waals surface area (Å²) in [7, 11) is 0. The molecule has 1 aliphatic rings. The van der Waals surface area contributed by atoms with E-state index in [4.69, 9.17) is 4.74 Å². The van der Waals surface area contributed by atoms with Gasteiger partial charge in [-0.1, -0.05) is 0 Å². The molecule has 2 unspecified atom stereocenters. The quantitative estimate of drug-likeness (QED) is 0.522. The second kappa shape index (κ2) is 4.98. The van der Waals surface area contributed by atoms with Gasteiger partial charge in [-0.3, -0.25) is 14.6 Å². The maximum Gasteiger partial charge on any atom is 0.325 e. The molecule has 8 heteroatoms. The number of carbonyl (C=O) groups excluding carboxylic acids is 1. The molecule has 1 aliphatic heterocycles. The van der Waals surface area contributed by atoms with Crippen molar-refractivity contribution < 1.29 is 14.6 Å². The van der Waals surface area contributed by atoms with Crippen LogP contribution in [0.25, 0.3) is 0 Å². The van der Waals surface area contributed by atoms with Gasteiger partial charge in [-0.15, -0.1) is 0 Å². The molecule has 19 heavy (non-hydrogen) atoms. The van der Waals surface area contributed by atoms with Crippen molar-refractivity contribution in [2.24, 2.45) is 0 Å². The third kappa shape index (κ3) is 2.74. The molecule has 1 amide bonds. The van der Waals surface area contributed by atoms with Crippen molar-refractivity contribution in [1.82, 2.24) is 15.3 Å². The number of hydrogen-bond acceptors (Lipinski definition) is 5. The number of aliphatic hydroxyl groups is 1. The maximum atomic E-state index is 11.8. The average Bonchev–Trinajstić information content (AvgIpc) is 2.67. The Bertz CT molecular complexity index is 592. The Morgan fingerprint density at radius 2 is 2.37 bits per heavy atom. The van der Waals surface area contributed by atoms with Gasteiger partial charge < -0.3 is 20.1 Å². The smallest absolute Gasteiger partial charge is 0.325 e. The highest BCUT2D eigenvalue weighted by Gasteiger charge is 2.39. The van der Waals surface area contributed by atoms with E-state index < -0.39 is 22.8 Å². The highest BCUT2D eigenvalue weighted by atomic mass is 16.5. The Morgan fingerprint density at radius 1 is 1.63 bits per heavy atom. The van der Waals surface area contributed by atoms with Crippen molar-refractivity contribution in [2.45, 2.75) is 25.0 Å². The fourth-order valence-corrected chi connectivity index (χ4v) is 1.91. The molecule has 8 nitrogen and oxygen atoms in total. The van der Waals surface area contributed by atoms with Crippen molar-refractivity contribution in [1.29, 1.82) is 0 Å². The van der Waals surface area contributed by atoms with E-state index in [1.165, 1.54) is 0 Å². The fraction of sp³-hybridized carbons (Fsp3) is 0.545. The lowest BCUT2D eigenvalue weighted by Gasteiger charge is -2.25. The van der Waals surface area contributed by atoms with Gasteiger partial charge >= 0.3 is 5.69 Å². The number of amides is 1. The zero-order valence-electron chi connectivity index (χ0n) is 10.4. The third-order valence-corrected chi connectivity index (χ3v) is 3.28. The van der Waals surface area contributed by atoms with Crippen molar-refractivity contribution in [2.75, 3.05) is 13.2 Å². The van der Waals surface area contributed by atoms with Gasteiger partial charge in [0.25, 0.3) is 11.5 Å². The lowest BCUT2D eigenvalue weighted by Crippen LogP contribution is -2.48. The van der Waals surface area contributed by atoms with Crippen LogP contribution in [0.1, 0.15) is 23.7 Å². The molecule has 2 heterocycles. The lowest BCUT2D eigenvalue weighted by molar-refractivity contribution is -0.0251. The summed E-state index contributed by atoms with van der Waals surface area (Å²) >= 11 is 0. The van der Waals surface area contributed by atoms with Gasteiger partial charge in [0.2, 0.25) is 0 Å². The minimum atomic E-state index is -1.13. The molecule has 0 aliphatic carbocycles. The number of carbonyl (C=O) groups is 1. The Labute approximate surface area is 107 Å². The minimum Gasteiger partial charge on any atom is -0.385 e. The topological polar surface area (TPSA) is 124 Å². The van der Waals surface area contributed by atoms with Crippen LogP contribution in [0, 0.1) is 0 Å². The summed E-state index contributed by atoms with van der Waals surface area (Å²) in [4.78, 5) is 38.2. The van der Waals surface area contributed by atoms with Crippen LogP contribution in [0.3, 0.4) is 0 Å². The highest BCUT2D eigenvalue weighted by Crippen LogP contribution is 2.24. The first kappa shape index (κ1) is 13.5. The Morgan fingerprint density at radius 3 is 2.95 bits per heavy atom. The van der Waals surface area contributed by atoms with Crippen LogP contribution in [-0.2, 0) is 4.74 Å². The second-order valence-corrected chi connectivity index (χ2v) is 4.53. The molecule has 0 spiro atoms. The van der Waals surface area contributed by atoms with E-state index in [1.54, 1.807) is 6.92 Å². The van der Waals surface area contributed by atoms with E-state index in [-0.39, 0.29) is 18.2 Å². The normalized spacial score (nSPS) is 26.3. The van der Waals surface area contributed by atoms with Crippen molar-refractivity contribution in [3.8, 4) is 0 Å². The number of hydrogen-bond donors (Lipinski definition) is 4. The van der Waals surface area contributed by atoms with E-state index in [2.05, 4.69) is 10.3 Å². The molecule has 2 atom stereocenters. The predicted molar refractivity (Wildman–Crippen MR) is 65.0 cm³/mol. The van der Waals surface area contributed by atoms with E-state index in [0.29, 0.717) is 13.0 Å². The lowest BCUT2D eigenvalue weighted by atomic mass is 9.96. The molecule has 104 valence electrons. The summed E-state index contributed by atoms with van der Waals surface area (Å²) in [5, 5.41) is 12.6. The highest BCUT2D eigenvalue weighted by molar-refractivity contribution is 5.93. The number of ether oxygens (including phenoxy) is 1. The first-order valence-electron chi connectivity index (χ1n) is 5.86. The van der Waals surface area contributed by atoms with Gasteiger partial charge in [0.05, 0.1) is 6.10 Å². The van der Waals surface area contributed by atoms with Crippen LogP contribution in [0.4, 0.5) is 0 Å². The molecule has 1 saturated heterocycles. The molecule has 1 aromatic rings. The van der Waals surface area contributed by atoms with Crippen LogP contribution in [0.2, 0.25) is 0 Å². The summed E-state index contributed by atoms with van der Waals surface area (Å²) in [5.74, 6) is -0.662. The molecular weight excluding hydrogens is 254 g/mol. The molecule has 1 fully saturated rings. The molecule has 0 aromatic carbocycles. The monoisotopic (exact) mass is 269 g/mol. The summed E-state index contributed by atoms with van der Waals surface area (Å²) in [6, 6.07) is 0. The fourth-order valence-electron chi connectivity index (χ4n) is 1.91. The Kier molecular flexibility index (Phi) is 3.54. The Hall–Kier alpha value is -1.93. The Balaban J connectivity index is 2.06. The van der Waals surface area contributed by atoms with Gasteiger partial charge in [-0.2, -0.15) is 0 Å². The van der Waals surface area contributed by atoms with Crippen LogP contribution in [0.5, 0.6) is 0 Å². The second-order valence-electron chi connectivity index (χ2n) is 4.53. The number of rotatable bonds is 3. The molecule has 2 rings (SSSR count). The average molecular weight is 269 g/mol. The molecule has 0 radical (unpaired) electrons. The predicted octanol–water partition coefficient (Wildman–Crippen LogP) is -1.67. The molecular formula is C11H15N3O5. The van der Waals surface area contributed by atoms with Crippen LogP contribution < -0.4 is 16.6 Å². The van der Waals surface area contributed by atoms with Crippen molar-refractivity contribution in [3.63, 3.8) is 0 Å². The molecule has 0 bridgehead atoms. The number of aromatic nitrogens is 2. The van der Waals surface area contributed by atoms with Gasteiger partial charge in [0.15, 0.2) is 0 Å². The van der Waals surface area contributed by atoms with Crippen molar-refractivity contribution in [3.05, 3.63) is 32.6 Å². The number of aromatic amines is 2. The molecule has 4 N–H and O–H groups in total. The third-order valence-electron chi connectivity index (χ3n) is 3.28. The largest absolute Gasteiger partial charge is 0.385 e. The number of H-pyrrole nitrogens is 2. The van der Waals surface area contributed by atoms with Crippen molar-refractivity contribution >= 4 is 5.91 Å². The zero-order chi connectivity index (χ0) is 14.0. The summed E-state index contributed by atoms with van der Waals surface area (Å²) in [5.41, 5.74) is -2.80. The molecule has 1 aromatic heterocycles. The van der Waals surface area contributed by atoms with E-state index in [9.17, 15) is 19.5 Å². The zero-order valence-corrected chi connectivity index (χ0v) is 10.4. The SMILES string of the molecule is CC1OCCC1(O)CNC(=O)c1c[nH]c(=O)[nH]c1=O. The first-order chi connectivity index (χ1) is 8.92. The van der Waals surface area contributed by atoms with E-state index >= 15 is 0 Å². The molecule has 0 saturated carbocycles. The summed E-state index contributed by atoms with van der Waals surface area (Å²) < 4.78 is 5.23. The van der Waals surface area contributed by atoms with Gasteiger partial charge in [0, 0.05) is 25.8 Å². The van der Waals surface area contributed by atoms with E-state index in [1.807, 2.05) is 4.98 Å².